The lowest BCUT2D eigenvalue weighted by molar-refractivity contribution is -0.125. The van der Waals surface area contributed by atoms with E-state index in [0.29, 0.717) is 17.8 Å². The molecule has 0 bridgehead atoms. The van der Waals surface area contributed by atoms with E-state index in [0.717, 1.165) is 6.54 Å². The number of nitrogens with one attached hydrogen (secondary N) is 1. The van der Waals surface area contributed by atoms with Gasteiger partial charge in [0.1, 0.15) is 6.61 Å². The minimum absolute atomic E-state index is 0.0289. The number of carbonyl (C=O) groups excluding carboxylic acids is 1. The molecule has 0 saturated carbocycles. The summed E-state index contributed by atoms with van der Waals surface area (Å²) in [5, 5.41) is 2.88. The quantitative estimate of drug-likeness (QED) is 0.710. The maximum absolute atomic E-state index is 11.2. The molecule has 0 radical (unpaired) electrons. The number of rotatable bonds is 6. The van der Waals surface area contributed by atoms with Crippen molar-refractivity contribution in [2.24, 2.45) is 17.8 Å². The molecule has 0 rings (SSSR count). The minimum Gasteiger partial charge on any atom is -0.375 e. The molecule has 3 heteroatoms. The van der Waals surface area contributed by atoms with E-state index in [4.69, 9.17) is 4.74 Å². The van der Waals surface area contributed by atoms with Gasteiger partial charge in [0.25, 0.3) is 0 Å². The Bertz CT molecular complexity index is 159. The van der Waals surface area contributed by atoms with Gasteiger partial charge < -0.3 is 10.1 Å². The van der Waals surface area contributed by atoms with Gasteiger partial charge in [0.05, 0.1) is 0 Å². The topological polar surface area (TPSA) is 38.3 Å². The lowest BCUT2D eigenvalue weighted by Crippen LogP contribution is -2.35. The van der Waals surface area contributed by atoms with Crippen LogP contribution >= 0.6 is 0 Å². The SMILES string of the molecule is COCC(=O)NCC(C(C)C)C(C)C. The van der Waals surface area contributed by atoms with E-state index in [1.807, 2.05) is 0 Å². The monoisotopic (exact) mass is 201 g/mol. The summed E-state index contributed by atoms with van der Waals surface area (Å²) in [6.45, 7) is 9.65. The fourth-order valence-electron chi connectivity index (χ4n) is 1.66. The Labute approximate surface area is 87.2 Å². The highest BCUT2D eigenvalue weighted by molar-refractivity contribution is 5.77. The van der Waals surface area contributed by atoms with Crippen molar-refractivity contribution in [2.45, 2.75) is 27.7 Å². The van der Waals surface area contributed by atoms with Crippen molar-refractivity contribution in [3.8, 4) is 0 Å². The Balaban J connectivity index is 3.88. The van der Waals surface area contributed by atoms with Crippen molar-refractivity contribution in [2.75, 3.05) is 20.3 Å². The lowest BCUT2D eigenvalue weighted by Gasteiger charge is -2.24. The molecule has 0 aliphatic heterocycles. The van der Waals surface area contributed by atoms with Gasteiger partial charge in [-0.15, -0.1) is 0 Å². The first kappa shape index (κ1) is 13.4. The predicted molar refractivity (Wildman–Crippen MR) is 58.1 cm³/mol. The summed E-state index contributed by atoms with van der Waals surface area (Å²) in [7, 11) is 1.53. The Morgan fingerprint density at radius 3 is 2.07 bits per heavy atom. The van der Waals surface area contributed by atoms with E-state index in [1.54, 1.807) is 0 Å². The first-order valence-electron chi connectivity index (χ1n) is 5.24. The van der Waals surface area contributed by atoms with Gasteiger partial charge in [-0.3, -0.25) is 4.79 Å². The van der Waals surface area contributed by atoms with Gasteiger partial charge in [0, 0.05) is 13.7 Å². The third-order valence-corrected chi connectivity index (χ3v) is 2.52. The maximum Gasteiger partial charge on any atom is 0.245 e. The third-order valence-electron chi connectivity index (χ3n) is 2.52. The number of hydrogen-bond acceptors (Lipinski definition) is 2. The highest BCUT2D eigenvalue weighted by Crippen LogP contribution is 2.19. The molecule has 0 unspecified atom stereocenters. The zero-order chi connectivity index (χ0) is 11.1. The summed E-state index contributed by atoms with van der Waals surface area (Å²) in [6.07, 6.45) is 0. The number of carbonyl (C=O) groups is 1. The van der Waals surface area contributed by atoms with Crippen molar-refractivity contribution in [1.29, 1.82) is 0 Å². The van der Waals surface area contributed by atoms with Crippen LogP contribution in [0.25, 0.3) is 0 Å². The van der Waals surface area contributed by atoms with E-state index in [1.165, 1.54) is 7.11 Å². The molecule has 0 spiro atoms. The van der Waals surface area contributed by atoms with Crippen LogP contribution in [0.3, 0.4) is 0 Å². The third kappa shape index (κ3) is 5.22. The second-order valence-corrected chi connectivity index (χ2v) is 4.39. The highest BCUT2D eigenvalue weighted by Gasteiger charge is 2.17. The summed E-state index contributed by atoms with van der Waals surface area (Å²) in [6, 6.07) is 0. The molecule has 0 aromatic carbocycles. The molecule has 0 fully saturated rings. The Morgan fingerprint density at radius 1 is 1.21 bits per heavy atom. The van der Waals surface area contributed by atoms with Gasteiger partial charge in [-0.2, -0.15) is 0 Å². The normalized spacial score (nSPS) is 11.4. The molecular weight excluding hydrogens is 178 g/mol. The van der Waals surface area contributed by atoms with Crippen LogP contribution in [0, 0.1) is 17.8 Å². The zero-order valence-electron chi connectivity index (χ0n) is 9.96. The minimum atomic E-state index is -0.0289. The largest absolute Gasteiger partial charge is 0.375 e. The second kappa shape index (κ2) is 6.82. The van der Waals surface area contributed by atoms with Crippen LogP contribution in [0.4, 0.5) is 0 Å². The smallest absolute Gasteiger partial charge is 0.245 e. The van der Waals surface area contributed by atoms with Gasteiger partial charge in [0.2, 0.25) is 5.91 Å². The van der Waals surface area contributed by atoms with E-state index >= 15 is 0 Å². The Morgan fingerprint density at radius 2 is 1.71 bits per heavy atom. The maximum atomic E-state index is 11.2. The summed E-state index contributed by atoms with van der Waals surface area (Å²) in [4.78, 5) is 11.2. The molecule has 0 aromatic heterocycles. The van der Waals surface area contributed by atoms with Crippen molar-refractivity contribution in [3.63, 3.8) is 0 Å². The molecule has 0 atom stereocenters. The van der Waals surface area contributed by atoms with Crippen molar-refractivity contribution >= 4 is 5.91 Å². The van der Waals surface area contributed by atoms with Gasteiger partial charge in [0.15, 0.2) is 0 Å². The van der Waals surface area contributed by atoms with Crippen molar-refractivity contribution in [1.82, 2.24) is 5.32 Å². The summed E-state index contributed by atoms with van der Waals surface area (Å²) in [5.74, 6) is 1.70. The standard InChI is InChI=1S/C11H23NO2/c1-8(2)10(9(3)4)6-12-11(13)7-14-5/h8-10H,6-7H2,1-5H3,(H,12,13). The first-order valence-corrected chi connectivity index (χ1v) is 5.24. The summed E-state index contributed by atoms with van der Waals surface area (Å²) in [5.41, 5.74) is 0. The molecule has 84 valence electrons. The number of ether oxygens (including phenoxy) is 1. The highest BCUT2D eigenvalue weighted by atomic mass is 16.5. The van der Waals surface area contributed by atoms with Gasteiger partial charge in [-0.1, -0.05) is 27.7 Å². The predicted octanol–water partition coefficient (Wildman–Crippen LogP) is 1.68. The number of hydrogen-bond donors (Lipinski definition) is 1. The van der Waals surface area contributed by atoms with Gasteiger partial charge >= 0.3 is 0 Å². The molecule has 0 heterocycles. The average molecular weight is 201 g/mol. The summed E-state index contributed by atoms with van der Waals surface area (Å²) < 4.78 is 4.74. The number of amides is 1. The molecule has 0 saturated heterocycles. The van der Waals surface area contributed by atoms with Crippen LogP contribution < -0.4 is 5.32 Å². The molecular formula is C11H23NO2. The molecule has 0 aliphatic carbocycles. The fraction of sp³-hybridized carbons (Fsp3) is 0.909. The van der Waals surface area contributed by atoms with Crippen LogP contribution in [0.5, 0.6) is 0 Å². The first-order chi connectivity index (χ1) is 6.49. The van der Waals surface area contributed by atoms with Crippen molar-refractivity contribution < 1.29 is 9.53 Å². The van der Waals surface area contributed by atoms with Crippen LogP contribution in [0.15, 0.2) is 0 Å². The molecule has 1 amide bonds. The van der Waals surface area contributed by atoms with Gasteiger partial charge in [-0.05, 0) is 17.8 Å². The molecule has 3 nitrogen and oxygen atoms in total. The fourth-order valence-corrected chi connectivity index (χ4v) is 1.66. The van der Waals surface area contributed by atoms with E-state index < -0.39 is 0 Å². The van der Waals surface area contributed by atoms with Crippen LogP contribution in [0.1, 0.15) is 27.7 Å². The molecule has 1 N–H and O–H groups in total. The van der Waals surface area contributed by atoms with E-state index in [-0.39, 0.29) is 12.5 Å². The van der Waals surface area contributed by atoms with Crippen LogP contribution in [0.2, 0.25) is 0 Å². The summed E-state index contributed by atoms with van der Waals surface area (Å²) >= 11 is 0. The Hall–Kier alpha value is -0.570. The zero-order valence-corrected chi connectivity index (χ0v) is 9.96. The molecule has 0 aliphatic rings. The average Bonchev–Trinajstić information content (AvgIpc) is 2.03. The van der Waals surface area contributed by atoms with E-state index in [2.05, 4.69) is 33.0 Å². The van der Waals surface area contributed by atoms with E-state index in [9.17, 15) is 4.79 Å². The number of methoxy groups -OCH3 is 1. The van der Waals surface area contributed by atoms with Crippen LogP contribution in [-0.2, 0) is 9.53 Å². The molecule has 0 aromatic rings. The van der Waals surface area contributed by atoms with Crippen LogP contribution in [-0.4, -0.2) is 26.2 Å². The molecule has 14 heavy (non-hydrogen) atoms. The Kier molecular flexibility index (Phi) is 6.54. The second-order valence-electron chi connectivity index (χ2n) is 4.39. The van der Waals surface area contributed by atoms with Gasteiger partial charge in [-0.25, -0.2) is 0 Å². The van der Waals surface area contributed by atoms with Crippen molar-refractivity contribution in [3.05, 3.63) is 0 Å². The lowest BCUT2D eigenvalue weighted by atomic mass is 9.85.